The summed E-state index contributed by atoms with van der Waals surface area (Å²) in [5.74, 6) is 9.59. The van der Waals surface area contributed by atoms with Crippen LogP contribution in [0.3, 0.4) is 0 Å². The number of carbonyl (C=O) groups excluding carboxylic acids is 2. The van der Waals surface area contributed by atoms with Crippen LogP contribution in [0.4, 0.5) is 27.0 Å². The molecule has 15 heteroatoms. The summed E-state index contributed by atoms with van der Waals surface area (Å²) in [5.41, 5.74) is 11.7. The lowest BCUT2D eigenvalue weighted by molar-refractivity contribution is 0.0697. The Hall–Kier alpha value is -4.63. The number of anilines is 3. The van der Waals surface area contributed by atoms with E-state index >= 15 is 0 Å². The number of urea groups is 2. The third-order valence-electron chi connectivity index (χ3n) is 4.30. The van der Waals surface area contributed by atoms with Crippen molar-refractivity contribution < 1.29 is 19.5 Å². The summed E-state index contributed by atoms with van der Waals surface area (Å²) in [6, 6.07) is 4.13. The van der Waals surface area contributed by atoms with Gasteiger partial charge in [0.2, 0.25) is 0 Å². The van der Waals surface area contributed by atoms with E-state index in [0.29, 0.717) is 15.7 Å². The number of fused-ring (bicyclic) bond motifs is 1. The van der Waals surface area contributed by atoms with Gasteiger partial charge in [0.15, 0.2) is 17.0 Å². The second-order valence-corrected chi connectivity index (χ2v) is 6.51. The molecular weight excluding hydrogens is 422 g/mol. The predicted octanol–water partition coefficient (Wildman–Crippen LogP) is -0.728. The van der Waals surface area contributed by atoms with Gasteiger partial charge in [-0.2, -0.15) is 15.0 Å². The molecule has 0 aliphatic carbocycles. The molecule has 166 valence electrons. The monoisotopic (exact) mass is 441 g/mol. The molecule has 0 bridgehead atoms. The molecule has 15 nitrogen and oxygen atoms in total. The molecule has 0 saturated carbocycles. The number of carboxylic acids is 1. The zero-order chi connectivity index (χ0) is 23.6. The normalized spacial score (nSPS) is 10.6. The molecule has 9 N–H and O–H groups in total. The van der Waals surface area contributed by atoms with Crippen LogP contribution < -0.4 is 38.1 Å². The zero-order valence-corrected chi connectivity index (χ0v) is 16.7. The second kappa shape index (κ2) is 8.62. The van der Waals surface area contributed by atoms with E-state index in [1.165, 1.54) is 18.3 Å². The fraction of sp³-hybridized carbons (Fsp3) is 0.118. The van der Waals surface area contributed by atoms with Crippen LogP contribution in [-0.2, 0) is 6.54 Å². The lowest BCUT2D eigenvalue weighted by Crippen LogP contribution is -2.45. The highest BCUT2D eigenvalue weighted by molar-refractivity contribution is 5.97. The van der Waals surface area contributed by atoms with Gasteiger partial charge in [-0.05, 0) is 24.3 Å². The number of nitrogens with zero attached hydrogens (tertiary/aromatic N) is 7. The highest BCUT2D eigenvalue weighted by Crippen LogP contribution is 2.23. The van der Waals surface area contributed by atoms with E-state index in [1.54, 1.807) is 24.1 Å². The molecule has 0 spiro atoms. The summed E-state index contributed by atoms with van der Waals surface area (Å²) in [5, 5.41) is 9.97. The fourth-order valence-corrected chi connectivity index (χ4v) is 2.67. The van der Waals surface area contributed by atoms with Crippen molar-refractivity contribution in [2.24, 2.45) is 23.2 Å². The molecule has 0 aliphatic heterocycles. The van der Waals surface area contributed by atoms with Crippen molar-refractivity contribution in [2.45, 2.75) is 6.54 Å². The summed E-state index contributed by atoms with van der Waals surface area (Å²) in [7, 11) is 1.76. The molecule has 2 heterocycles. The first kappa shape index (κ1) is 22.1. The van der Waals surface area contributed by atoms with Gasteiger partial charge in [-0.15, -0.1) is 0 Å². The van der Waals surface area contributed by atoms with E-state index in [4.69, 9.17) is 28.3 Å². The number of hydrazine groups is 2. The van der Waals surface area contributed by atoms with Crippen LogP contribution in [0, 0.1) is 0 Å². The number of benzene rings is 1. The molecule has 0 radical (unpaired) electrons. The first-order valence-electron chi connectivity index (χ1n) is 8.85. The third-order valence-corrected chi connectivity index (χ3v) is 4.30. The van der Waals surface area contributed by atoms with Gasteiger partial charge in [0.1, 0.15) is 0 Å². The molecule has 0 unspecified atom stereocenters. The number of hydrogen-bond donors (Lipinski definition) is 5. The van der Waals surface area contributed by atoms with Crippen molar-refractivity contribution >= 4 is 46.6 Å². The molecule has 0 atom stereocenters. The van der Waals surface area contributed by atoms with Crippen molar-refractivity contribution in [1.82, 2.24) is 19.9 Å². The Morgan fingerprint density at radius 2 is 1.59 bits per heavy atom. The number of aromatic carboxylic acids is 1. The van der Waals surface area contributed by atoms with E-state index < -0.39 is 18.0 Å². The smallest absolute Gasteiger partial charge is 0.336 e. The van der Waals surface area contributed by atoms with Crippen LogP contribution in [0.25, 0.3) is 11.2 Å². The summed E-state index contributed by atoms with van der Waals surface area (Å²) in [6.45, 7) is 0.252. The average molecular weight is 441 g/mol. The molecule has 0 saturated heterocycles. The molecule has 4 amide bonds. The van der Waals surface area contributed by atoms with Crippen molar-refractivity contribution in [2.75, 3.05) is 22.0 Å². The van der Waals surface area contributed by atoms with Crippen LogP contribution in [-0.4, -0.2) is 50.1 Å². The van der Waals surface area contributed by atoms with Gasteiger partial charge in [0.05, 0.1) is 24.0 Å². The van der Waals surface area contributed by atoms with Gasteiger partial charge in [0, 0.05) is 12.7 Å². The van der Waals surface area contributed by atoms with Crippen LogP contribution in [0.15, 0.2) is 30.5 Å². The number of rotatable bonds is 6. The Labute approximate surface area is 180 Å². The van der Waals surface area contributed by atoms with E-state index in [1.807, 2.05) is 0 Å². The van der Waals surface area contributed by atoms with Crippen molar-refractivity contribution in [3.05, 3.63) is 41.7 Å². The maximum Gasteiger partial charge on any atom is 0.336 e. The number of amides is 4. The summed E-state index contributed by atoms with van der Waals surface area (Å²) in [6.07, 6.45) is 1.42. The first-order valence-corrected chi connectivity index (χ1v) is 8.85. The Bertz CT molecular complexity index is 1200. The summed E-state index contributed by atoms with van der Waals surface area (Å²) >= 11 is 0. The lowest BCUT2D eigenvalue weighted by atomic mass is 10.2. The van der Waals surface area contributed by atoms with E-state index in [9.17, 15) is 14.4 Å². The number of carbonyl (C=O) groups is 3. The van der Waals surface area contributed by atoms with Crippen molar-refractivity contribution in [3.8, 4) is 0 Å². The predicted molar refractivity (Wildman–Crippen MR) is 113 cm³/mol. The zero-order valence-electron chi connectivity index (χ0n) is 16.7. The van der Waals surface area contributed by atoms with E-state index in [2.05, 4.69) is 19.9 Å². The van der Waals surface area contributed by atoms with Gasteiger partial charge in [-0.3, -0.25) is 0 Å². The molecule has 3 rings (SSSR count). The number of nitrogens with two attached hydrogens (primary N) is 4. The van der Waals surface area contributed by atoms with Crippen molar-refractivity contribution in [3.63, 3.8) is 0 Å². The topological polar surface area (TPSA) is 237 Å². The molecule has 3 aromatic rings. The van der Waals surface area contributed by atoms with Gasteiger partial charge >= 0.3 is 18.0 Å². The maximum atomic E-state index is 11.6. The molecule has 0 aliphatic rings. The summed E-state index contributed by atoms with van der Waals surface area (Å²) < 4.78 is 0. The quantitative estimate of drug-likeness (QED) is 0.181. The van der Waals surface area contributed by atoms with Crippen LogP contribution in [0.2, 0.25) is 0 Å². The molecule has 32 heavy (non-hydrogen) atoms. The molecule has 2 aromatic heterocycles. The molecule has 1 aromatic carbocycles. The number of carboxylic acid groups (broad SMARTS) is 1. The first-order chi connectivity index (χ1) is 15.1. The van der Waals surface area contributed by atoms with Crippen LogP contribution >= 0.6 is 0 Å². The fourth-order valence-electron chi connectivity index (χ4n) is 2.67. The molecular formula is C17H19N11O4. The minimum absolute atomic E-state index is 0.0179. The Balaban J connectivity index is 2.00. The van der Waals surface area contributed by atoms with E-state index in [0.717, 1.165) is 5.69 Å². The lowest BCUT2D eigenvalue weighted by Gasteiger charge is -2.20. The standard InChI is InChI=1S/C17H19N11O4/c1-26(10-4-2-8(3-5-10)14(29)30)7-9-6-22-12-11(23-9)13(27(20)15(18)31)25-17(24-12)28(21)16(19)32/h2-6H,7,20-21H2,1H3,(H2,18,31)(H2,19,32)(H,29,30). The van der Waals surface area contributed by atoms with Gasteiger partial charge in [-0.25, -0.2) is 41.0 Å². The second-order valence-electron chi connectivity index (χ2n) is 6.51. The number of primary amides is 2. The minimum Gasteiger partial charge on any atom is -0.478 e. The van der Waals surface area contributed by atoms with Gasteiger partial charge in [-0.1, -0.05) is 0 Å². The number of aromatic nitrogens is 4. The highest BCUT2D eigenvalue weighted by atomic mass is 16.4. The minimum atomic E-state index is -1.06. The van der Waals surface area contributed by atoms with Crippen LogP contribution in [0.1, 0.15) is 16.1 Å². The SMILES string of the molecule is CN(Cc1cnc2nc(N(N)C(N)=O)nc(N(N)C(N)=O)c2n1)c1ccc(C(=O)O)cc1. The Morgan fingerprint density at radius 1 is 0.969 bits per heavy atom. The van der Waals surface area contributed by atoms with Crippen LogP contribution in [0.5, 0.6) is 0 Å². The Morgan fingerprint density at radius 3 is 2.16 bits per heavy atom. The number of hydrogen-bond acceptors (Lipinski definition) is 10. The Kier molecular flexibility index (Phi) is 5.94. The largest absolute Gasteiger partial charge is 0.478 e. The van der Waals surface area contributed by atoms with Gasteiger partial charge < -0.3 is 21.5 Å². The molecule has 0 fully saturated rings. The third kappa shape index (κ3) is 4.42. The summed E-state index contributed by atoms with van der Waals surface area (Å²) in [4.78, 5) is 52.3. The van der Waals surface area contributed by atoms with Crippen molar-refractivity contribution in [1.29, 1.82) is 0 Å². The highest BCUT2D eigenvalue weighted by Gasteiger charge is 2.22. The average Bonchev–Trinajstić information content (AvgIpc) is 2.77. The maximum absolute atomic E-state index is 11.6. The van der Waals surface area contributed by atoms with Gasteiger partial charge in [0.25, 0.3) is 5.95 Å². The van der Waals surface area contributed by atoms with E-state index in [-0.39, 0.29) is 35.0 Å².